The molecular weight excluding hydrogens is 252 g/mol. The molecule has 98 valence electrons. The first-order chi connectivity index (χ1) is 8.42. The first kappa shape index (κ1) is 13.2. The Labute approximate surface area is 111 Å². The number of piperidine rings is 1. The summed E-state index contributed by atoms with van der Waals surface area (Å²) in [6.45, 7) is 3.32. The third kappa shape index (κ3) is 2.44. The van der Waals surface area contributed by atoms with Gasteiger partial charge in [0.05, 0.1) is 0 Å². The topological polar surface area (TPSA) is 66.6 Å². The van der Waals surface area contributed by atoms with Crippen molar-refractivity contribution < 1.29 is 9.90 Å². The molecule has 2 rings (SSSR count). The van der Waals surface area contributed by atoms with E-state index in [4.69, 9.17) is 22.4 Å². The molecule has 18 heavy (non-hydrogen) atoms. The molecule has 1 aliphatic rings. The minimum Gasteiger partial charge on any atom is -0.480 e. The lowest BCUT2D eigenvalue weighted by atomic mass is 9.88. The Morgan fingerprint density at radius 3 is 2.56 bits per heavy atom. The molecule has 1 saturated heterocycles. The van der Waals surface area contributed by atoms with E-state index in [1.54, 1.807) is 0 Å². The van der Waals surface area contributed by atoms with Gasteiger partial charge in [-0.15, -0.1) is 0 Å². The number of nitrogens with zero attached hydrogens (tertiary/aromatic N) is 1. The number of carboxylic acids is 1. The highest BCUT2D eigenvalue weighted by Gasteiger charge is 2.37. The van der Waals surface area contributed by atoms with Crippen LogP contribution in [-0.2, 0) is 4.79 Å². The number of aryl methyl sites for hydroxylation is 1. The summed E-state index contributed by atoms with van der Waals surface area (Å²) < 4.78 is 0. The molecule has 4 nitrogen and oxygen atoms in total. The smallest absolute Gasteiger partial charge is 0.323 e. The van der Waals surface area contributed by atoms with Gasteiger partial charge in [0.2, 0.25) is 0 Å². The van der Waals surface area contributed by atoms with E-state index < -0.39 is 11.5 Å². The van der Waals surface area contributed by atoms with E-state index in [2.05, 4.69) is 4.90 Å². The van der Waals surface area contributed by atoms with Crippen LogP contribution < -0.4 is 10.6 Å². The second-order valence-electron chi connectivity index (χ2n) is 4.88. The molecule has 1 aromatic rings. The summed E-state index contributed by atoms with van der Waals surface area (Å²) in [5.41, 5.74) is 6.99. The molecule has 1 aliphatic heterocycles. The molecule has 0 aliphatic carbocycles. The van der Waals surface area contributed by atoms with Gasteiger partial charge in [-0.1, -0.05) is 11.6 Å². The van der Waals surface area contributed by atoms with Crippen LogP contribution in [-0.4, -0.2) is 29.7 Å². The van der Waals surface area contributed by atoms with Crippen molar-refractivity contribution in [1.82, 2.24) is 0 Å². The molecule has 0 atom stereocenters. The Balaban J connectivity index is 2.12. The van der Waals surface area contributed by atoms with Gasteiger partial charge >= 0.3 is 5.97 Å². The number of nitrogens with two attached hydrogens (primary N) is 1. The van der Waals surface area contributed by atoms with Gasteiger partial charge in [-0.25, -0.2) is 0 Å². The molecule has 0 amide bonds. The average Bonchev–Trinajstić information content (AvgIpc) is 2.31. The minimum absolute atomic E-state index is 0.463. The number of benzene rings is 1. The van der Waals surface area contributed by atoms with Gasteiger partial charge in [-0.2, -0.15) is 0 Å². The maximum atomic E-state index is 11.1. The Morgan fingerprint density at radius 1 is 1.44 bits per heavy atom. The normalized spacial score (nSPS) is 18.7. The van der Waals surface area contributed by atoms with Crippen molar-refractivity contribution in [3.63, 3.8) is 0 Å². The molecule has 1 aromatic carbocycles. The van der Waals surface area contributed by atoms with Crippen molar-refractivity contribution in [3.05, 3.63) is 28.8 Å². The summed E-state index contributed by atoms with van der Waals surface area (Å²) in [4.78, 5) is 13.2. The highest BCUT2D eigenvalue weighted by molar-refractivity contribution is 6.30. The summed E-state index contributed by atoms with van der Waals surface area (Å²) >= 11 is 5.93. The van der Waals surface area contributed by atoms with Crippen molar-refractivity contribution >= 4 is 23.3 Å². The summed E-state index contributed by atoms with van der Waals surface area (Å²) in [6.07, 6.45) is 0.925. The molecule has 0 bridgehead atoms. The van der Waals surface area contributed by atoms with Crippen LogP contribution in [0, 0.1) is 6.92 Å². The zero-order valence-electron chi connectivity index (χ0n) is 10.3. The third-order valence-corrected chi connectivity index (χ3v) is 3.82. The van der Waals surface area contributed by atoms with Crippen LogP contribution in [0.4, 0.5) is 5.69 Å². The predicted octanol–water partition coefficient (Wildman–Crippen LogP) is 2.03. The highest BCUT2D eigenvalue weighted by Crippen LogP contribution is 2.28. The molecular formula is C13H17ClN2O2. The van der Waals surface area contributed by atoms with Crippen molar-refractivity contribution in [2.75, 3.05) is 18.0 Å². The van der Waals surface area contributed by atoms with Crippen molar-refractivity contribution in [2.24, 2.45) is 5.73 Å². The van der Waals surface area contributed by atoms with Crippen LogP contribution in [0.15, 0.2) is 18.2 Å². The molecule has 0 saturated carbocycles. The highest BCUT2D eigenvalue weighted by atomic mass is 35.5. The molecule has 1 heterocycles. The van der Waals surface area contributed by atoms with Crippen LogP contribution in [0.2, 0.25) is 5.02 Å². The van der Waals surface area contributed by atoms with Crippen LogP contribution in [0.3, 0.4) is 0 Å². The number of rotatable bonds is 2. The Hall–Kier alpha value is -1.26. The van der Waals surface area contributed by atoms with Crippen molar-refractivity contribution in [3.8, 4) is 0 Å². The summed E-state index contributed by atoms with van der Waals surface area (Å²) in [5.74, 6) is -0.907. The Morgan fingerprint density at radius 2 is 2.06 bits per heavy atom. The molecule has 5 heteroatoms. The van der Waals surface area contributed by atoms with Crippen molar-refractivity contribution in [1.29, 1.82) is 0 Å². The van der Waals surface area contributed by atoms with Crippen LogP contribution in [0.1, 0.15) is 18.4 Å². The van der Waals surface area contributed by atoms with Gasteiger partial charge in [-0.05, 0) is 43.5 Å². The van der Waals surface area contributed by atoms with Crippen LogP contribution >= 0.6 is 11.6 Å². The first-order valence-corrected chi connectivity index (χ1v) is 6.33. The van der Waals surface area contributed by atoms with E-state index >= 15 is 0 Å². The summed E-state index contributed by atoms with van der Waals surface area (Å²) in [5, 5.41) is 9.80. The average molecular weight is 269 g/mol. The Kier molecular flexibility index (Phi) is 3.50. The van der Waals surface area contributed by atoms with Gasteiger partial charge in [0.15, 0.2) is 0 Å². The fourth-order valence-corrected chi connectivity index (χ4v) is 2.56. The first-order valence-electron chi connectivity index (χ1n) is 5.96. The number of aliphatic carboxylic acids is 1. The Bertz CT molecular complexity index is 468. The van der Waals surface area contributed by atoms with Crippen molar-refractivity contribution in [2.45, 2.75) is 25.3 Å². The number of hydrogen-bond donors (Lipinski definition) is 2. The fraction of sp³-hybridized carbons (Fsp3) is 0.462. The van der Waals surface area contributed by atoms with E-state index in [1.807, 2.05) is 25.1 Å². The standard InChI is InChI=1S/C13H17ClN2O2/c1-9-8-10(14)2-3-11(9)16-6-4-13(15,5-7-16)12(17)18/h2-3,8H,4-7,15H2,1H3,(H,17,18). The molecule has 0 radical (unpaired) electrons. The van der Waals surface area contributed by atoms with Gasteiger partial charge < -0.3 is 15.7 Å². The maximum absolute atomic E-state index is 11.1. The second-order valence-corrected chi connectivity index (χ2v) is 5.32. The molecule has 1 fully saturated rings. The number of anilines is 1. The van der Waals surface area contributed by atoms with Gasteiger partial charge in [0.1, 0.15) is 5.54 Å². The van der Waals surface area contributed by atoms with Gasteiger partial charge in [0.25, 0.3) is 0 Å². The van der Waals surface area contributed by atoms with E-state index in [0.717, 1.165) is 11.3 Å². The number of hydrogen-bond acceptors (Lipinski definition) is 3. The summed E-state index contributed by atoms with van der Waals surface area (Å²) in [7, 11) is 0. The molecule has 0 unspecified atom stereocenters. The molecule has 0 spiro atoms. The lowest BCUT2D eigenvalue weighted by Gasteiger charge is -2.38. The number of carbonyl (C=O) groups is 1. The van der Waals surface area contributed by atoms with E-state index in [-0.39, 0.29) is 0 Å². The number of carboxylic acid groups (broad SMARTS) is 1. The van der Waals surface area contributed by atoms with E-state index in [9.17, 15) is 4.79 Å². The summed E-state index contributed by atoms with van der Waals surface area (Å²) in [6, 6.07) is 5.74. The second kappa shape index (κ2) is 4.78. The maximum Gasteiger partial charge on any atom is 0.323 e. The number of halogens is 1. The molecule has 0 aromatic heterocycles. The molecule has 3 N–H and O–H groups in total. The van der Waals surface area contributed by atoms with Gasteiger partial charge in [0, 0.05) is 23.8 Å². The third-order valence-electron chi connectivity index (χ3n) is 3.58. The quantitative estimate of drug-likeness (QED) is 0.861. The minimum atomic E-state index is -1.07. The van der Waals surface area contributed by atoms with Crippen LogP contribution in [0.25, 0.3) is 0 Å². The zero-order valence-corrected chi connectivity index (χ0v) is 11.1. The lowest BCUT2D eigenvalue weighted by molar-refractivity contribution is -0.144. The largest absolute Gasteiger partial charge is 0.480 e. The van der Waals surface area contributed by atoms with E-state index in [0.29, 0.717) is 31.0 Å². The monoisotopic (exact) mass is 268 g/mol. The van der Waals surface area contributed by atoms with E-state index in [1.165, 1.54) is 0 Å². The lowest BCUT2D eigenvalue weighted by Crippen LogP contribution is -2.55. The van der Waals surface area contributed by atoms with Gasteiger partial charge in [-0.3, -0.25) is 4.79 Å². The zero-order chi connectivity index (χ0) is 13.3. The predicted molar refractivity (Wildman–Crippen MR) is 72.2 cm³/mol. The van der Waals surface area contributed by atoms with Crippen LogP contribution in [0.5, 0.6) is 0 Å². The fourth-order valence-electron chi connectivity index (χ4n) is 2.33. The SMILES string of the molecule is Cc1cc(Cl)ccc1N1CCC(N)(C(=O)O)CC1.